The largest absolute Gasteiger partial charge is 0.262 e. The molecule has 4 nitrogen and oxygen atoms in total. The fourth-order valence-electron chi connectivity index (χ4n) is 1.67. The van der Waals surface area contributed by atoms with Gasteiger partial charge in [-0.15, -0.1) is 0 Å². The summed E-state index contributed by atoms with van der Waals surface area (Å²) in [5.41, 5.74) is -0.120. The van der Waals surface area contributed by atoms with Crippen molar-refractivity contribution in [2.45, 2.75) is 25.2 Å². The quantitative estimate of drug-likeness (QED) is 0.931. The first-order valence-corrected chi connectivity index (χ1v) is 7.30. The summed E-state index contributed by atoms with van der Waals surface area (Å²) in [6, 6.07) is 2.98. The normalized spacial score (nSPS) is 18.2. The molecule has 0 saturated carbocycles. The maximum absolute atomic E-state index is 13.9. The highest BCUT2D eigenvalue weighted by atomic mass is 32.2. The van der Waals surface area contributed by atoms with E-state index >= 15 is 0 Å². The highest BCUT2D eigenvalue weighted by Gasteiger charge is 2.41. The Morgan fingerprint density at radius 3 is 2.20 bits per heavy atom. The Bertz CT molecular complexity index is 663. The Hall–Kier alpha value is -1.54. The second-order valence-electron chi connectivity index (χ2n) is 4.82. The van der Waals surface area contributed by atoms with Crippen LogP contribution in [0.25, 0.3) is 0 Å². The van der Waals surface area contributed by atoms with Crippen molar-refractivity contribution >= 4 is 9.84 Å². The minimum Gasteiger partial charge on any atom is -0.262 e. The number of sulfone groups is 1. The van der Waals surface area contributed by atoms with Gasteiger partial charge in [-0.3, -0.25) is 10.3 Å². The first-order valence-electron chi connectivity index (χ1n) is 5.65. The van der Waals surface area contributed by atoms with Crippen LogP contribution >= 0.6 is 0 Å². The summed E-state index contributed by atoms with van der Waals surface area (Å²) in [6.07, 6.45) is 0. The van der Waals surface area contributed by atoms with Gasteiger partial charge in [-0.05, 0) is 26.0 Å². The van der Waals surface area contributed by atoms with Gasteiger partial charge in [0.15, 0.2) is 10.9 Å². The van der Waals surface area contributed by atoms with Crippen molar-refractivity contribution in [3.8, 4) is 0 Å². The lowest BCUT2D eigenvalue weighted by atomic mass is 10.1. The Morgan fingerprint density at radius 2 is 1.75 bits per heavy atom. The van der Waals surface area contributed by atoms with E-state index in [1.165, 1.54) is 13.8 Å². The van der Waals surface area contributed by atoms with Gasteiger partial charge in [0.25, 0.3) is 0 Å². The number of benzene rings is 1. The van der Waals surface area contributed by atoms with Crippen molar-refractivity contribution in [2.24, 2.45) is 0 Å². The van der Waals surface area contributed by atoms with Crippen LogP contribution in [0.3, 0.4) is 0 Å². The van der Waals surface area contributed by atoms with E-state index in [-0.39, 0.29) is 0 Å². The van der Waals surface area contributed by atoms with Crippen molar-refractivity contribution in [3.05, 3.63) is 46.3 Å². The second kappa shape index (κ2) is 4.78. The Labute approximate surface area is 114 Å². The van der Waals surface area contributed by atoms with E-state index in [4.69, 9.17) is 4.84 Å². The third-order valence-corrected chi connectivity index (χ3v) is 4.39. The Morgan fingerprint density at radius 1 is 1.20 bits per heavy atom. The van der Waals surface area contributed by atoms with Gasteiger partial charge in [0.2, 0.25) is 9.84 Å². The molecule has 0 spiro atoms. The van der Waals surface area contributed by atoms with E-state index in [0.717, 1.165) is 18.2 Å². The molecule has 1 aliphatic heterocycles. The maximum atomic E-state index is 13.9. The number of nitrogens with one attached hydrogen (secondary N) is 1. The molecule has 0 aromatic heterocycles. The minimum absolute atomic E-state index is 0.640. The maximum Gasteiger partial charge on any atom is 0.202 e. The highest BCUT2D eigenvalue weighted by molar-refractivity contribution is 7.94. The molecule has 8 heteroatoms. The van der Waals surface area contributed by atoms with Crippen LogP contribution in [0.5, 0.6) is 0 Å². The van der Waals surface area contributed by atoms with Crippen LogP contribution in [-0.2, 0) is 20.4 Å². The molecular formula is C12H12F3NO3S. The van der Waals surface area contributed by atoms with Crippen LogP contribution in [0.2, 0.25) is 0 Å². The Balaban J connectivity index is 2.42. The van der Waals surface area contributed by atoms with Crippen molar-refractivity contribution in [1.29, 1.82) is 0 Å². The zero-order valence-electron chi connectivity index (χ0n) is 10.7. The molecule has 1 N–H and O–H groups in total. The van der Waals surface area contributed by atoms with Crippen LogP contribution in [0, 0.1) is 11.6 Å². The summed E-state index contributed by atoms with van der Waals surface area (Å²) in [5, 5.41) is -0.801. The summed E-state index contributed by atoms with van der Waals surface area (Å²) in [4.78, 5) is 4.78. The number of rotatable bonds is 3. The van der Waals surface area contributed by atoms with E-state index in [2.05, 4.69) is 0 Å². The van der Waals surface area contributed by atoms with E-state index in [1.54, 1.807) is 0 Å². The molecular weight excluding hydrogens is 295 g/mol. The molecule has 1 heterocycles. The molecule has 0 amide bonds. The topological polar surface area (TPSA) is 55.4 Å². The first-order chi connectivity index (χ1) is 9.15. The zero-order chi connectivity index (χ0) is 15.1. The molecule has 1 aromatic carbocycles. The van der Waals surface area contributed by atoms with E-state index < -0.39 is 49.2 Å². The lowest BCUT2D eigenvalue weighted by Crippen LogP contribution is -2.23. The van der Waals surface area contributed by atoms with Gasteiger partial charge >= 0.3 is 0 Å². The smallest absolute Gasteiger partial charge is 0.202 e. The van der Waals surface area contributed by atoms with Gasteiger partial charge in [-0.1, -0.05) is 6.07 Å². The second-order valence-corrected chi connectivity index (χ2v) is 6.74. The summed E-state index contributed by atoms with van der Waals surface area (Å²) in [6.45, 7) is 2.64. The highest BCUT2D eigenvalue weighted by Crippen LogP contribution is 2.33. The molecule has 0 saturated heterocycles. The van der Waals surface area contributed by atoms with Crippen LogP contribution < -0.4 is 5.48 Å². The van der Waals surface area contributed by atoms with Gasteiger partial charge in [0.05, 0.1) is 5.75 Å². The molecule has 0 fully saturated rings. The molecule has 2 rings (SSSR count). The molecule has 110 valence electrons. The van der Waals surface area contributed by atoms with E-state index in [9.17, 15) is 21.6 Å². The van der Waals surface area contributed by atoms with Crippen molar-refractivity contribution in [3.63, 3.8) is 0 Å². The zero-order valence-corrected chi connectivity index (χ0v) is 11.5. The predicted octanol–water partition coefficient (Wildman–Crippen LogP) is 2.33. The molecule has 0 atom stereocenters. The third-order valence-electron chi connectivity index (χ3n) is 2.83. The monoisotopic (exact) mass is 307 g/mol. The fourth-order valence-corrected chi connectivity index (χ4v) is 3.16. The first kappa shape index (κ1) is 14.9. The molecule has 0 aliphatic carbocycles. The van der Waals surface area contributed by atoms with Crippen LogP contribution in [0.15, 0.2) is 29.1 Å². The van der Waals surface area contributed by atoms with Crippen LogP contribution in [0.4, 0.5) is 13.2 Å². The molecule has 0 unspecified atom stereocenters. The molecule has 0 radical (unpaired) electrons. The van der Waals surface area contributed by atoms with E-state index in [1.807, 2.05) is 5.48 Å². The summed E-state index contributed by atoms with van der Waals surface area (Å²) in [5.74, 6) is -4.05. The lowest BCUT2D eigenvalue weighted by Gasteiger charge is -2.12. The molecule has 1 aromatic rings. The summed E-state index contributed by atoms with van der Waals surface area (Å²) >= 11 is 0. The van der Waals surface area contributed by atoms with Crippen LogP contribution in [-0.4, -0.2) is 14.0 Å². The Kier molecular flexibility index (Phi) is 3.55. The van der Waals surface area contributed by atoms with Crippen molar-refractivity contribution in [2.75, 3.05) is 0 Å². The average Bonchev–Trinajstić information content (AvgIpc) is 2.60. The number of hydrogen-bond donors (Lipinski definition) is 1. The van der Waals surface area contributed by atoms with Gasteiger partial charge in [-0.25, -0.2) is 21.6 Å². The predicted molar refractivity (Wildman–Crippen MR) is 65.4 cm³/mol. The summed E-state index contributed by atoms with van der Waals surface area (Å²) < 4.78 is 64.9. The standard InChI is InChI=1S/C12H12F3NO3S/c1-12(2)10(15)11(16-19-12)20(17,18)6-7-8(13)4-3-5-9(7)14/h3-5,16H,6H2,1-2H3. The average molecular weight is 307 g/mol. The SMILES string of the molecule is CC1(C)ONC(S(=O)(=O)Cc2c(F)cccc2F)=C1F. The summed E-state index contributed by atoms with van der Waals surface area (Å²) in [7, 11) is -4.29. The van der Waals surface area contributed by atoms with Gasteiger partial charge in [0, 0.05) is 5.56 Å². The fraction of sp³-hybridized carbons (Fsp3) is 0.333. The molecule has 20 heavy (non-hydrogen) atoms. The number of hydroxylamine groups is 1. The third kappa shape index (κ3) is 2.53. The van der Waals surface area contributed by atoms with Gasteiger partial charge in [-0.2, -0.15) is 0 Å². The van der Waals surface area contributed by atoms with E-state index in [0.29, 0.717) is 0 Å². The molecule has 1 aliphatic rings. The molecule has 0 bridgehead atoms. The number of hydrogen-bond acceptors (Lipinski definition) is 4. The van der Waals surface area contributed by atoms with Gasteiger partial charge in [0.1, 0.15) is 17.2 Å². The van der Waals surface area contributed by atoms with Crippen molar-refractivity contribution in [1.82, 2.24) is 5.48 Å². The van der Waals surface area contributed by atoms with Crippen molar-refractivity contribution < 1.29 is 26.4 Å². The van der Waals surface area contributed by atoms with Crippen LogP contribution in [0.1, 0.15) is 19.4 Å². The van der Waals surface area contributed by atoms with Gasteiger partial charge < -0.3 is 0 Å². The number of halogens is 3. The lowest BCUT2D eigenvalue weighted by molar-refractivity contribution is -0.0271. The minimum atomic E-state index is -4.29.